The van der Waals surface area contributed by atoms with Crippen LogP contribution in [0.1, 0.15) is 12.8 Å². The summed E-state index contributed by atoms with van der Waals surface area (Å²) in [5, 5.41) is 5.10. The average Bonchev–Trinajstić information content (AvgIpc) is 3.06. The Morgan fingerprint density at radius 3 is 2.79 bits per heavy atom. The highest BCUT2D eigenvalue weighted by molar-refractivity contribution is 6.53. The number of rotatable bonds is 7. The van der Waals surface area contributed by atoms with Crippen molar-refractivity contribution in [1.29, 1.82) is 0 Å². The monoisotopic (exact) mass is 430 g/mol. The second-order valence-corrected chi connectivity index (χ2v) is 7.35. The summed E-state index contributed by atoms with van der Waals surface area (Å²) >= 11 is 11.0. The van der Waals surface area contributed by atoms with Crippen molar-refractivity contribution in [3.8, 4) is 0 Å². The Morgan fingerprint density at radius 1 is 1.39 bits per heavy atom. The Bertz CT molecular complexity index is 807. The van der Waals surface area contributed by atoms with Gasteiger partial charge in [-0.05, 0) is 24.6 Å². The number of carbonyl (C=O) groups is 3. The lowest BCUT2D eigenvalue weighted by atomic mass is 10.1. The lowest BCUT2D eigenvalue weighted by Gasteiger charge is -2.27. The normalized spacial score (nSPS) is 19.4. The molecular weight excluding hydrogens is 414 g/mol. The molecule has 0 unspecified atom stereocenters. The third-order valence-electron chi connectivity index (χ3n) is 4.41. The molecule has 0 aliphatic carbocycles. The molecule has 1 fully saturated rings. The van der Waals surface area contributed by atoms with Gasteiger partial charge in [-0.3, -0.25) is 14.5 Å². The van der Waals surface area contributed by atoms with Crippen LogP contribution in [0.15, 0.2) is 23.3 Å². The lowest BCUT2D eigenvalue weighted by molar-refractivity contribution is -0.118. The molecule has 11 heteroatoms. The second kappa shape index (κ2) is 8.74. The summed E-state index contributed by atoms with van der Waals surface area (Å²) < 4.78 is 19.8. The Morgan fingerprint density at radius 2 is 2.18 bits per heavy atom. The number of ether oxygens (including phenoxy) is 1. The molecule has 0 saturated carbocycles. The van der Waals surface area contributed by atoms with Crippen LogP contribution in [0.4, 0.5) is 20.6 Å². The quantitative estimate of drug-likeness (QED) is 0.490. The summed E-state index contributed by atoms with van der Waals surface area (Å²) in [7, 11) is 0. The Hall–Kier alpha value is -2.39. The summed E-state index contributed by atoms with van der Waals surface area (Å²) in [6.07, 6.45) is 1.22. The first-order valence-electron chi connectivity index (χ1n) is 8.50. The molecule has 150 valence electrons. The van der Waals surface area contributed by atoms with E-state index in [9.17, 15) is 18.8 Å². The van der Waals surface area contributed by atoms with Gasteiger partial charge in [-0.25, -0.2) is 14.2 Å². The summed E-state index contributed by atoms with van der Waals surface area (Å²) in [6.45, 7) is 0.924. The van der Waals surface area contributed by atoms with E-state index >= 15 is 0 Å². The zero-order chi connectivity index (χ0) is 20.3. The standard InChI is InChI=1S/C17H17Cl2FN4O4/c18-16(19)15(26)4-2-12-8-24(17(27)28-12)11-1-3-14(13(20)7-11)22-5-6-23(10-25)21-9-22/h1,3,7,9-10,12,16H,2,4-6,8H2/t12-/m0/s1. The smallest absolute Gasteiger partial charge is 0.414 e. The predicted molar refractivity (Wildman–Crippen MR) is 102 cm³/mol. The number of hydrazone groups is 1. The number of ketones is 1. The zero-order valence-electron chi connectivity index (χ0n) is 14.6. The van der Waals surface area contributed by atoms with Crippen molar-refractivity contribution in [3.05, 3.63) is 24.0 Å². The molecule has 0 aromatic heterocycles. The van der Waals surface area contributed by atoms with Crippen molar-refractivity contribution in [3.63, 3.8) is 0 Å². The predicted octanol–water partition coefficient (Wildman–Crippen LogP) is 2.53. The number of alkyl halides is 2. The molecule has 2 heterocycles. The molecule has 0 bridgehead atoms. The molecule has 2 aliphatic heterocycles. The van der Waals surface area contributed by atoms with E-state index in [-0.39, 0.29) is 30.9 Å². The van der Waals surface area contributed by atoms with E-state index < -0.39 is 22.9 Å². The minimum atomic E-state index is -1.10. The molecule has 0 N–H and O–H groups in total. The summed E-state index contributed by atoms with van der Waals surface area (Å²) in [5.74, 6) is -0.883. The number of carbonyl (C=O) groups excluding carboxylic acids is 3. The van der Waals surface area contributed by atoms with Gasteiger partial charge >= 0.3 is 6.09 Å². The van der Waals surface area contributed by atoms with Crippen LogP contribution in [-0.4, -0.2) is 60.2 Å². The molecule has 3 rings (SSSR count). The summed E-state index contributed by atoms with van der Waals surface area (Å²) in [4.78, 5) is 36.1. The van der Waals surface area contributed by atoms with Crippen LogP contribution in [-0.2, 0) is 14.3 Å². The first-order chi connectivity index (χ1) is 13.4. The largest absolute Gasteiger partial charge is 0.444 e. The van der Waals surface area contributed by atoms with Crippen LogP contribution < -0.4 is 9.80 Å². The lowest BCUT2D eigenvalue weighted by Crippen LogP contribution is -2.37. The second-order valence-electron chi connectivity index (χ2n) is 6.25. The van der Waals surface area contributed by atoms with E-state index in [4.69, 9.17) is 27.9 Å². The highest BCUT2D eigenvalue weighted by atomic mass is 35.5. The van der Waals surface area contributed by atoms with Gasteiger partial charge in [0.05, 0.1) is 24.5 Å². The molecule has 1 aromatic rings. The van der Waals surface area contributed by atoms with Gasteiger partial charge in [0.2, 0.25) is 6.41 Å². The molecule has 8 nitrogen and oxygen atoms in total. The van der Waals surface area contributed by atoms with E-state index in [1.165, 1.54) is 28.4 Å². The fourth-order valence-corrected chi connectivity index (χ4v) is 3.13. The minimum Gasteiger partial charge on any atom is -0.444 e. The van der Waals surface area contributed by atoms with E-state index in [0.717, 1.165) is 0 Å². The highest BCUT2D eigenvalue weighted by Crippen LogP contribution is 2.29. The zero-order valence-corrected chi connectivity index (χ0v) is 16.1. The number of benzene rings is 1. The maximum atomic E-state index is 14.6. The highest BCUT2D eigenvalue weighted by Gasteiger charge is 2.33. The Kier molecular flexibility index (Phi) is 6.35. The SMILES string of the molecule is O=CN1CCN(c2ccc(N3C[C@H](CCC(=O)C(Cl)Cl)OC3=O)cc2F)C=N1. The molecule has 0 spiro atoms. The van der Waals surface area contributed by atoms with E-state index in [1.807, 2.05) is 0 Å². The third kappa shape index (κ3) is 4.53. The molecule has 1 aromatic carbocycles. The summed E-state index contributed by atoms with van der Waals surface area (Å²) in [6, 6.07) is 4.36. The van der Waals surface area contributed by atoms with Gasteiger partial charge < -0.3 is 9.64 Å². The van der Waals surface area contributed by atoms with E-state index in [1.54, 1.807) is 11.0 Å². The third-order valence-corrected chi connectivity index (χ3v) is 4.90. The number of cyclic esters (lactones) is 1. The number of anilines is 2. The van der Waals surface area contributed by atoms with Crippen LogP contribution in [0.3, 0.4) is 0 Å². The molecule has 28 heavy (non-hydrogen) atoms. The van der Waals surface area contributed by atoms with Crippen molar-refractivity contribution >= 4 is 59.2 Å². The number of amides is 2. The van der Waals surface area contributed by atoms with Crippen molar-refractivity contribution < 1.29 is 23.5 Å². The van der Waals surface area contributed by atoms with Gasteiger partial charge in [-0.15, -0.1) is 0 Å². The maximum absolute atomic E-state index is 14.6. The first-order valence-corrected chi connectivity index (χ1v) is 9.37. The van der Waals surface area contributed by atoms with Crippen LogP contribution in [0, 0.1) is 5.82 Å². The number of Topliss-reactive ketones (excluding diaryl/α,β-unsaturated/α-hetero) is 1. The van der Waals surface area contributed by atoms with Crippen molar-refractivity contribution in [2.24, 2.45) is 5.10 Å². The number of hydrogen-bond acceptors (Lipinski definition) is 6. The van der Waals surface area contributed by atoms with Gasteiger partial charge in [0, 0.05) is 13.0 Å². The fourth-order valence-electron chi connectivity index (χ4n) is 2.91. The number of nitrogens with zero attached hydrogens (tertiary/aromatic N) is 4. The van der Waals surface area contributed by atoms with Crippen molar-refractivity contribution in [2.45, 2.75) is 23.8 Å². The van der Waals surface area contributed by atoms with Gasteiger partial charge in [0.25, 0.3) is 0 Å². The van der Waals surface area contributed by atoms with Crippen LogP contribution in [0.5, 0.6) is 0 Å². The Balaban J connectivity index is 1.66. The summed E-state index contributed by atoms with van der Waals surface area (Å²) in [5.41, 5.74) is 0.624. The number of halogens is 3. The van der Waals surface area contributed by atoms with Crippen LogP contribution in [0.25, 0.3) is 0 Å². The molecule has 1 atom stereocenters. The van der Waals surface area contributed by atoms with E-state index in [2.05, 4.69) is 5.10 Å². The van der Waals surface area contributed by atoms with Crippen LogP contribution >= 0.6 is 23.2 Å². The number of hydrogen-bond donors (Lipinski definition) is 0. The topological polar surface area (TPSA) is 82.5 Å². The fraction of sp³-hybridized carbons (Fsp3) is 0.412. The van der Waals surface area contributed by atoms with Gasteiger partial charge in [0.1, 0.15) is 18.3 Å². The molecular formula is C17H17Cl2FN4O4. The molecule has 0 radical (unpaired) electrons. The molecule has 1 saturated heterocycles. The van der Waals surface area contributed by atoms with Crippen LogP contribution in [0.2, 0.25) is 0 Å². The van der Waals surface area contributed by atoms with Crippen molar-refractivity contribution in [1.82, 2.24) is 5.01 Å². The van der Waals surface area contributed by atoms with Crippen molar-refractivity contribution in [2.75, 3.05) is 29.4 Å². The van der Waals surface area contributed by atoms with Gasteiger partial charge in [-0.2, -0.15) is 5.10 Å². The van der Waals surface area contributed by atoms with Gasteiger partial charge in [-0.1, -0.05) is 23.2 Å². The maximum Gasteiger partial charge on any atom is 0.414 e. The first kappa shape index (κ1) is 20.3. The Labute approximate surface area is 170 Å². The molecule has 2 aliphatic rings. The van der Waals surface area contributed by atoms with E-state index in [0.29, 0.717) is 25.2 Å². The molecule has 2 amide bonds. The minimum absolute atomic E-state index is 0.0862. The van der Waals surface area contributed by atoms with Gasteiger partial charge in [0.15, 0.2) is 10.6 Å². The average molecular weight is 431 g/mol.